The summed E-state index contributed by atoms with van der Waals surface area (Å²) in [4.78, 5) is 0. The van der Waals surface area contributed by atoms with Crippen molar-refractivity contribution in [2.45, 2.75) is 32.1 Å². The van der Waals surface area contributed by atoms with Gasteiger partial charge in [-0.3, -0.25) is 0 Å². The molecule has 23 heavy (non-hydrogen) atoms. The van der Waals surface area contributed by atoms with Crippen molar-refractivity contribution in [1.29, 1.82) is 0 Å². The summed E-state index contributed by atoms with van der Waals surface area (Å²) in [5, 5.41) is 0. The quantitative estimate of drug-likeness (QED) is 0.537. The van der Waals surface area contributed by atoms with E-state index in [0.29, 0.717) is 0 Å². The molecular weight excluding hydrogens is 276 g/mol. The first-order valence-corrected chi connectivity index (χ1v) is 8.59. The third-order valence-corrected chi connectivity index (χ3v) is 4.82. The number of fused-ring (bicyclic) bond motifs is 4. The van der Waals surface area contributed by atoms with Crippen LogP contribution in [-0.4, -0.2) is 0 Å². The molecule has 0 amide bonds. The fourth-order valence-electron chi connectivity index (χ4n) is 3.47. The molecule has 0 atom stereocenters. The van der Waals surface area contributed by atoms with Crippen LogP contribution in [0.15, 0.2) is 72.8 Å². The third kappa shape index (κ3) is 3.53. The number of benzene rings is 3. The van der Waals surface area contributed by atoms with Crippen molar-refractivity contribution in [3.8, 4) is 0 Å². The molecule has 6 bridgehead atoms. The highest BCUT2D eigenvalue weighted by molar-refractivity contribution is 5.33. The van der Waals surface area contributed by atoms with Gasteiger partial charge in [0.25, 0.3) is 0 Å². The van der Waals surface area contributed by atoms with Gasteiger partial charge in [-0.15, -0.1) is 0 Å². The Morgan fingerprint density at radius 3 is 1.43 bits per heavy atom. The molecule has 3 aromatic rings. The minimum atomic E-state index is 1.03. The summed E-state index contributed by atoms with van der Waals surface area (Å²) in [6, 6.07) is 27.4. The minimum absolute atomic E-state index is 1.03. The van der Waals surface area contributed by atoms with E-state index in [2.05, 4.69) is 72.8 Å². The molecule has 2 aliphatic rings. The first-order chi connectivity index (χ1) is 11.3. The van der Waals surface area contributed by atoms with Gasteiger partial charge in [0.2, 0.25) is 0 Å². The van der Waals surface area contributed by atoms with Gasteiger partial charge in [0.15, 0.2) is 0 Å². The molecular formula is C23H22. The Bertz CT molecular complexity index is 796. The van der Waals surface area contributed by atoms with Gasteiger partial charge >= 0.3 is 0 Å². The number of rotatable bonds is 0. The van der Waals surface area contributed by atoms with Gasteiger partial charge in [0, 0.05) is 0 Å². The average Bonchev–Trinajstić information content (AvgIpc) is 2.60. The second-order valence-electron chi connectivity index (χ2n) is 6.63. The topological polar surface area (TPSA) is 0 Å². The summed E-state index contributed by atoms with van der Waals surface area (Å²) in [6.45, 7) is 0. The lowest BCUT2D eigenvalue weighted by molar-refractivity contribution is 0.931. The molecule has 0 aliphatic heterocycles. The lowest BCUT2D eigenvalue weighted by Crippen LogP contribution is -1.95. The van der Waals surface area contributed by atoms with Crippen molar-refractivity contribution < 1.29 is 0 Å². The molecule has 0 nitrogen and oxygen atoms in total. The molecule has 0 saturated heterocycles. The van der Waals surface area contributed by atoms with E-state index in [-0.39, 0.29) is 0 Å². The van der Waals surface area contributed by atoms with Crippen molar-refractivity contribution in [2.24, 2.45) is 0 Å². The standard InChI is InChI=1S/C23H22/c1-3-19-10-7-18-8-11-22(12-9-18)17-23-6-2-5-21(16-23)14-13-20(4-1)15-19/h1-6,8-9,11-12,15-16H,7,10,13-14,17H2. The Hall–Kier alpha value is -2.34. The molecule has 0 heterocycles. The normalized spacial score (nSPS) is 14.1. The number of hydrogen-bond donors (Lipinski definition) is 0. The lowest BCUT2D eigenvalue weighted by atomic mass is 9.99. The van der Waals surface area contributed by atoms with Gasteiger partial charge < -0.3 is 0 Å². The lowest BCUT2D eigenvalue weighted by Gasteiger charge is -2.07. The zero-order chi connectivity index (χ0) is 15.5. The van der Waals surface area contributed by atoms with Crippen molar-refractivity contribution in [3.63, 3.8) is 0 Å². The van der Waals surface area contributed by atoms with Crippen LogP contribution in [0, 0.1) is 0 Å². The molecule has 0 unspecified atom stereocenters. The molecule has 0 aromatic heterocycles. The Labute approximate surface area is 138 Å². The molecule has 0 fully saturated rings. The van der Waals surface area contributed by atoms with Crippen LogP contribution < -0.4 is 0 Å². The first-order valence-electron chi connectivity index (χ1n) is 8.59. The number of hydrogen-bond acceptors (Lipinski definition) is 0. The van der Waals surface area contributed by atoms with Gasteiger partial charge in [-0.05, 0) is 65.5 Å². The maximum atomic E-state index is 2.39. The van der Waals surface area contributed by atoms with Gasteiger partial charge in [0.1, 0.15) is 0 Å². The third-order valence-electron chi connectivity index (χ3n) is 4.82. The summed E-state index contributed by atoms with van der Waals surface area (Å²) in [5.41, 5.74) is 8.61. The highest BCUT2D eigenvalue weighted by Crippen LogP contribution is 2.17. The van der Waals surface area contributed by atoms with E-state index in [1.165, 1.54) is 33.4 Å². The molecule has 0 spiro atoms. The molecule has 0 saturated carbocycles. The zero-order valence-corrected chi connectivity index (χ0v) is 13.5. The molecule has 3 aromatic carbocycles. The Morgan fingerprint density at radius 2 is 0.826 bits per heavy atom. The van der Waals surface area contributed by atoms with E-state index >= 15 is 0 Å². The van der Waals surface area contributed by atoms with Crippen LogP contribution in [0.1, 0.15) is 33.4 Å². The highest BCUT2D eigenvalue weighted by Gasteiger charge is 2.04. The molecule has 0 radical (unpaired) electrons. The largest absolute Gasteiger partial charge is 0.0617 e. The molecule has 2 aliphatic carbocycles. The van der Waals surface area contributed by atoms with E-state index in [4.69, 9.17) is 0 Å². The summed E-state index contributed by atoms with van der Waals surface area (Å²) >= 11 is 0. The first kappa shape index (κ1) is 14.3. The second-order valence-corrected chi connectivity index (χ2v) is 6.63. The SMILES string of the molecule is c1cc2cc(c1)CCc1cccc(c1)Cc1ccc(cc1)CC2. The fourth-order valence-corrected chi connectivity index (χ4v) is 3.47. The van der Waals surface area contributed by atoms with E-state index in [1.54, 1.807) is 0 Å². The van der Waals surface area contributed by atoms with Crippen molar-refractivity contribution in [2.75, 3.05) is 0 Å². The zero-order valence-electron chi connectivity index (χ0n) is 13.5. The summed E-state index contributed by atoms with van der Waals surface area (Å²) in [7, 11) is 0. The van der Waals surface area contributed by atoms with E-state index in [9.17, 15) is 0 Å². The van der Waals surface area contributed by atoms with Gasteiger partial charge in [-0.1, -0.05) is 72.8 Å². The minimum Gasteiger partial charge on any atom is -0.0617 e. The molecule has 0 N–H and O–H groups in total. The molecule has 0 heteroatoms. The van der Waals surface area contributed by atoms with Gasteiger partial charge in [-0.2, -0.15) is 0 Å². The predicted molar refractivity (Wildman–Crippen MR) is 96.9 cm³/mol. The predicted octanol–water partition coefficient (Wildman–Crippen LogP) is 5.16. The monoisotopic (exact) mass is 298 g/mol. The van der Waals surface area contributed by atoms with E-state index < -0.39 is 0 Å². The fraction of sp³-hybridized carbons (Fsp3) is 0.217. The Morgan fingerprint density at radius 1 is 0.391 bits per heavy atom. The number of aryl methyl sites for hydroxylation is 4. The Kier molecular flexibility index (Phi) is 3.98. The van der Waals surface area contributed by atoms with E-state index in [1.807, 2.05) is 0 Å². The maximum absolute atomic E-state index is 2.39. The summed E-state index contributed by atoms with van der Waals surface area (Å²) in [5.74, 6) is 0. The summed E-state index contributed by atoms with van der Waals surface area (Å²) in [6.07, 6.45) is 5.52. The van der Waals surface area contributed by atoms with Crippen LogP contribution in [0.3, 0.4) is 0 Å². The maximum Gasteiger partial charge on any atom is -0.00257 e. The van der Waals surface area contributed by atoms with Crippen molar-refractivity contribution in [1.82, 2.24) is 0 Å². The Balaban J connectivity index is 1.71. The second kappa shape index (κ2) is 6.42. The molecule has 5 rings (SSSR count). The van der Waals surface area contributed by atoms with E-state index in [0.717, 1.165) is 32.1 Å². The van der Waals surface area contributed by atoms with Crippen molar-refractivity contribution in [3.05, 3.63) is 106 Å². The average molecular weight is 298 g/mol. The summed E-state index contributed by atoms with van der Waals surface area (Å²) < 4.78 is 0. The van der Waals surface area contributed by atoms with Gasteiger partial charge in [-0.25, -0.2) is 0 Å². The van der Waals surface area contributed by atoms with Crippen LogP contribution in [-0.2, 0) is 32.1 Å². The van der Waals surface area contributed by atoms with Crippen LogP contribution in [0.5, 0.6) is 0 Å². The highest BCUT2D eigenvalue weighted by atomic mass is 14.1. The van der Waals surface area contributed by atoms with Crippen LogP contribution in [0.25, 0.3) is 0 Å². The molecule has 114 valence electrons. The van der Waals surface area contributed by atoms with Crippen molar-refractivity contribution >= 4 is 0 Å². The van der Waals surface area contributed by atoms with Crippen LogP contribution in [0.2, 0.25) is 0 Å². The van der Waals surface area contributed by atoms with Crippen LogP contribution >= 0.6 is 0 Å². The van der Waals surface area contributed by atoms with Crippen LogP contribution in [0.4, 0.5) is 0 Å². The van der Waals surface area contributed by atoms with Gasteiger partial charge in [0.05, 0.1) is 0 Å². The smallest absolute Gasteiger partial charge is 0.00257 e.